The number of carbonyl (C=O) groups is 2. The van der Waals surface area contributed by atoms with E-state index < -0.39 is 10.9 Å². The molecule has 0 saturated carbocycles. The Kier molecular flexibility index (Phi) is 8.13. The van der Waals surface area contributed by atoms with Gasteiger partial charge in [0.2, 0.25) is 0 Å². The molecule has 0 radical (unpaired) electrons. The quantitative estimate of drug-likeness (QED) is 0.255. The molecule has 1 fully saturated rings. The van der Waals surface area contributed by atoms with E-state index in [1.54, 1.807) is 23.1 Å². The van der Waals surface area contributed by atoms with Crippen molar-refractivity contribution in [3.05, 3.63) is 63.7 Å². The average Bonchev–Trinajstić information content (AvgIpc) is 2.79. The molecule has 1 amide bonds. The van der Waals surface area contributed by atoms with E-state index in [1.165, 1.54) is 23.9 Å². The van der Waals surface area contributed by atoms with Crippen molar-refractivity contribution in [3.8, 4) is 0 Å². The Labute approximate surface area is 189 Å². The zero-order valence-electron chi connectivity index (χ0n) is 16.7. The average molecular weight is 464 g/mol. The Hall–Kier alpha value is -2.78. The van der Waals surface area contributed by atoms with Gasteiger partial charge in [-0.1, -0.05) is 23.7 Å². The molecular formula is C21H22ClN3O5S. The van der Waals surface area contributed by atoms with Crippen molar-refractivity contribution in [2.45, 2.75) is 11.3 Å². The van der Waals surface area contributed by atoms with E-state index in [0.717, 1.165) is 10.6 Å². The van der Waals surface area contributed by atoms with Crippen molar-refractivity contribution in [2.24, 2.45) is 0 Å². The van der Waals surface area contributed by atoms with E-state index in [4.69, 9.17) is 16.3 Å². The van der Waals surface area contributed by atoms with Crippen LogP contribution in [0, 0.1) is 10.1 Å². The Bertz CT molecular complexity index is 933. The molecule has 0 atom stereocenters. The van der Waals surface area contributed by atoms with Crippen molar-refractivity contribution in [1.29, 1.82) is 0 Å². The van der Waals surface area contributed by atoms with Crippen molar-refractivity contribution in [1.82, 2.24) is 4.90 Å². The number of nitrogens with zero attached hydrogens (tertiary/aromatic N) is 3. The van der Waals surface area contributed by atoms with Gasteiger partial charge in [0.25, 0.3) is 11.6 Å². The summed E-state index contributed by atoms with van der Waals surface area (Å²) in [6, 6.07) is 13.8. The van der Waals surface area contributed by atoms with Crippen LogP contribution in [0.3, 0.4) is 0 Å². The van der Waals surface area contributed by atoms with Gasteiger partial charge in [0.05, 0.1) is 16.4 Å². The van der Waals surface area contributed by atoms with E-state index in [2.05, 4.69) is 4.90 Å². The molecule has 0 aliphatic carbocycles. The maximum atomic E-state index is 12.3. The number of hydrogen-bond donors (Lipinski definition) is 0. The first-order valence-corrected chi connectivity index (χ1v) is 11.1. The summed E-state index contributed by atoms with van der Waals surface area (Å²) in [6.45, 7) is 1.93. The summed E-state index contributed by atoms with van der Waals surface area (Å²) in [5.74, 6) is -0.127. The Morgan fingerprint density at radius 1 is 1.06 bits per heavy atom. The molecule has 0 aromatic heterocycles. The van der Waals surface area contributed by atoms with Crippen molar-refractivity contribution in [2.75, 3.05) is 43.4 Å². The van der Waals surface area contributed by atoms with Crippen LogP contribution in [0.15, 0.2) is 53.4 Å². The molecule has 3 rings (SSSR count). The number of halogens is 1. The van der Waals surface area contributed by atoms with Gasteiger partial charge in [0.15, 0.2) is 6.61 Å². The number of hydrogen-bond acceptors (Lipinski definition) is 7. The van der Waals surface area contributed by atoms with Crippen LogP contribution in [0.2, 0.25) is 5.02 Å². The number of anilines is 1. The van der Waals surface area contributed by atoms with Crippen LogP contribution in [0.5, 0.6) is 0 Å². The van der Waals surface area contributed by atoms with Crippen LogP contribution < -0.4 is 4.90 Å². The number of non-ortho nitro benzene ring substituents is 1. The van der Waals surface area contributed by atoms with E-state index in [1.807, 2.05) is 18.2 Å². The van der Waals surface area contributed by atoms with Gasteiger partial charge in [-0.25, -0.2) is 0 Å². The lowest BCUT2D eigenvalue weighted by atomic mass is 10.2. The predicted molar refractivity (Wildman–Crippen MR) is 120 cm³/mol. The zero-order chi connectivity index (χ0) is 22.2. The fraction of sp³-hybridized carbons (Fsp3) is 0.333. The lowest BCUT2D eigenvalue weighted by Gasteiger charge is -2.36. The number of benzene rings is 2. The third-order valence-electron chi connectivity index (χ3n) is 4.82. The minimum absolute atomic E-state index is 0.0460. The van der Waals surface area contributed by atoms with Crippen LogP contribution in [0.4, 0.5) is 11.4 Å². The zero-order valence-corrected chi connectivity index (χ0v) is 18.3. The first-order chi connectivity index (χ1) is 14.9. The lowest BCUT2D eigenvalue weighted by Crippen LogP contribution is -2.49. The van der Waals surface area contributed by atoms with Crippen LogP contribution in [0.1, 0.15) is 6.42 Å². The number of nitro benzene ring substituents is 1. The second-order valence-corrected chi connectivity index (χ2v) is 8.37. The first-order valence-electron chi connectivity index (χ1n) is 9.74. The number of carbonyl (C=O) groups excluding carboxylic acids is 2. The summed E-state index contributed by atoms with van der Waals surface area (Å²) in [5.41, 5.74) is 0.921. The molecule has 1 aliphatic heterocycles. The van der Waals surface area contributed by atoms with Gasteiger partial charge in [-0.05, 0) is 24.3 Å². The van der Waals surface area contributed by atoms with Crippen LogP contribution in [0.25, 0.3) is 0 Å². The third kappa shape index (κ3) is 6.60. The second kappa shape index (κ2) is 11.0. The maximum absolute atomic E-state index is 12.3. The van der Waals surface area contributed by atoms with Crippen molar-refractivity contribution >= 4 is 46.6 Å². The molecule has 2 aromatic carbocycles. The molecule has 31 heavy (non-hydrogen) atoms. The minimum Gasteiger partial charge on any atom is -0.456 e. The highest BCUT2D eigenvalue weighted by molar-refractivity contribution is 7.99. The number of thioether (sulfide) groups is 1. The van der Waals surface area contributed by atoms with Gasteiger partial charge in [-0.3, -0.25) is 19.7 Å². The van der Waals surface area contributed by atoms with Gasteiger partial charge in [0.1, 0.15) is 0 Å². The molecular weight excluding hydrogens is 442 g/mol. The van der Waals surface area contributed by atoms with E-state index in [0.29, 0.717) is 37.0 Å². The summed E-state index contributed by atoms with van der Waals surface area (Å²) in [7, 11) is 0. The van der Waals surface area contributed by atoms with Crippen molar-refractivity contribution in [3.63, 3.8) is 0 Å². The standard InChI is InChI=1S/C21H22ClN3O5S/c22-18-3-1-2-4-19(18)31-14-9-21(27)30-15-20(26)24-12-10-23(11-13-24)16-5-7-17(8-6-16)25(28)29/h1-8H,9-15H2. The highest BCUT2D eigenvalue weighted by atomic mass is 35.5. The molecule has 1 saturated heterocycles. The van der Waals surface area contributed by atoms with Crippen LogP contribution in [-0.4, -0.2) is 60.2 Å². The molecule has 0 bridgehead atoms. The van der Waals surface area contributed by atoms with Gasteiger partial charge in [-0.2, -0.15) is 0 Å². The number of ether oxygens (including phenoxy) is 1. The molecule has 0 unspecified atom stereocenters. The summed E-state index contributed by atoms with van der Waals surface area (Å²) in [6.07, 6.45) is 0.192. The molecule has 1 aliphatic rings. The van der Waals surface area contributed by atoms with E-state index in [-0.39, 0.29) is 24.6 Å². The van der Waals surface area contributed by atoms with Gasteiger partial charge in [0, 0.05) is 54.6 Å². The third-order valence-corrected chi connectivity index (χ3v) is 6.33. The normalized spacial score (nSPS) is 13.7. The fourth-order valence-corrected chi connectivity index (χ4v) is 4.28. The SMILES string of the molecule is O=C(CCSc1ccccc1Cl)OCC(=O)N1CCN(c2ccc([N+](=O)[O-])cc2)CC1. The molecule has 0 spiro atoms. The van der Waals surface area contributed by atoms with E-state index >= 15 is 0 Å². The topological polar surface area (TPSA) is 93.0 Å². The molecule has 0 N–H and O–H groups in total. The number of piperazine rings is 1. The van der Waals surface area contributed by atoms with E-state index in [9.17, 15) is 19.7 Å². The van der Waals surface area contributed by atoms with Gasteiger partial charge >= 0.3 is 5.97 Å². The second-order valence-electron chi connectivity index (χ2n) is 6.83. The number of amides is 1. The summed E-state index contributed by atoms with van der Waals surface area (Å²) in [4.78, 5) is 39.2. The molecule has 164 valence electrons. The summed E-state index contributed by atoms with van der Waals surface area (Å²) < 4.78 is 5.12. The highest BCUT2D eigenvalue weighted by Crippen LogP contribution is 2.27. The number of esters is 1. The largest absolute Gasteiger partial charge is 0.456 e. The Morgan fingerprint density at radius 2 is 1.74 bits per heavy atom. The Balaban J connectivity index is 1.36. The summed E-state index contributed by atoms with van der Waals surface area (Å²) >= 11 is 7.55. The first kappa shape index (κ1) is 22.9. The molecule has 2 aromatic rings. The monoisotopic (exact) mass is 463 g/mol. The van der Waals surface area contributed by atoms with Gasteiger partial charge in [-0.15, -0.1) is 11.8 Å². The lowest BCUT2D eigenvalue weighted by molar-refractivity contribution is -0.384. The van der Waals surface area contributed by atoms with Crippen molar-refractivity contribution < 1.29 is 19.2 Å². The Morgan fingerprint density at radius 3 is 2.39 bits per heavy atom. The molecule has 8 nitrogen and oxygen atoms in total. The van der Waals surface area contributed by atoms with Gasteiger partial charge < -0.3 is 14.5 Å². The summed E-state index contributed by atoms with van der Waals surface area (Å²) in [5, 5.41) is 11.4. The smallest absolute Gasteiger partial charge is 0.307 e. The predicted octanol–water partition coefficient (Wildman–Crippen LogP) is 3.62. The molecule has 1 heterocycles. The number of rotatable bonds is 8. The maximum Gasteiger partial charge on any atom is 0.307 e. The fourth-order valence-electron chi connectivity index (χ4n) is 3.11. The minimum atomic E-state index is -0.433. The number of nitro groups is 1. The van der Waals surface area contributed by atoms with Crippen LogP contribution in [-0.2, 0) is 14.3 Å². The molecule has 10 heteroatoms. The highest BCUT2D eigenvalue weighted by Gasteiger charge is 2.22. The van der Waals surface area contributed by atoms with Crippen LogP contribution >= 0.6 is 23.4 Å².